The summed E-state index contributed by atoms with van der Waals surface area (Å²) < 4.78 is 23.7. The second-order valence-electron chi connectivity index (χ2n) is 5.64. The van der Waals surface area contributed by atoms with E-state index >= 15 is 0 Å². The molecule has 0 aliphatic rings. The highest BCUT2D eigenvalue weighted by molar-refractivity contribution is 6.32. The van der Waals surface area contributed by atoms with Gasteiger partial charge in [0.25, 0.3) is 0 Å². The number of carbonyl (C=O) groups is 2. The van der Waals surface area contributed by atoms with Crippen LogP contribution in [0.3, 0.4) is 0 Å². The topological polar surface area (TPSA) is 52.6 Å². The highest BCUT2D eigenvalue weighted by atomic mass is 35.5. The third-order valence-electron chi connectivity index (χ3n) is 3.53. The van der Waals surface area contributed by atoms with Crippen molar-refractivity contribution < 1.29 is 23.5 Å². The van der Waals surface area contributed by atoms with E-state index in [-0.39, 0.29) is 36.1 Å². The van der Waals surface area contributed by atoms with Crippen molar-refractivity contribution in [3.8, 4) is 5.75 Å². The van der Waals surface area contributed by atoms with Crippen LogP contribution < -0.4 is 4.74 Å². The van der Waals surface area contributed by atoms with Gasteiger partial charge in [-0.15, -0.1) is 0 Å². The number of para-hydroxylation sites is 1. The van der Waals surface area contributed by atoms with Crippen molar-refractivity contribution in [3.05, 3.63) is 41.7 Å². The van der Waals surface area contributed by atoms with Crippen molar-refractivity contribution >= 4 is 23.5 Å². The molecule has 4 nitrogen and oxygen atoms in total. The molecule has 0 aromatic heterocycles. The Morgan fingerprint density at radius 3 is 2.60 bits per heavy atom. The van der Waals surface area contributed by atoms with Gasteiger partial charge in [-0.3, -0.25) is 9.59 Å². The SMILES string of the molecule is C=CC(CCCCC)OC(=O)CCCC(=O)Oc1c(F)cccc1Cl. The molecule has 25 heavy (non-hydrogen) atoms. The van der Waals surface area contributed by atoms with Crippen LogP contribution in [0, 0.1) is 5.82 Å². The van der Waals surface area contributed by atoms with Crippen LogP contribution in [-0.4, -0.2) is 18.0 Å². The molecule has 0 radical (unpaired) electrons. The second kappa shape index (κ2) is 11.6. The minimum absolute atomic E-state index is 0.0219. The van der Waals surface area contributed by atoms with Crippen LogP contribution in [0.4, 0.5) is 4.39 Å². The van der Waals surface area contributed by atoms with Gasteiger partial charge in [0, 0.05) is 12.8 Å². The first-order chi connectivity index (χ1) is 12.0. The lowest BCUT2D eigenvalue weighted by molar-refractivity contribution is -0.147. The summed E-state index contributed by atoms with van der Waals surface area (Å²) >= 11 is 5.78. The van der Waals surface area contributed by atoms with Crippen LogP contribution in [0.2, 0.25) is 5.02 Å². The van der Waals surface area contributed by atoms with E-state index in [9.17, 15) is 14.0 Å². The number of ether oxygens (including phenoxy) is 2. The van der Waals surface area contributed by atoms with Crippen molar-refractivity contribution in [1.29, 1.82) is 0 Å². The Morgan fingerprint density at radius 2 is 1.96 bits per heavy atom. The molecular formula is C19H24ClFO4. The number of carbonyl (C=O) groups excluding carboxylic acids is 2. The molecule has 0 fully saturated rings. The van der Waals surface area contributed by atoms with E-state index in [2.05, 4.69) is 13.5 Å². The fourth-order valence-corrected chi connectivity index (χ4v) is 2.37. The molecule has 0 amide bonds. The van der Waals surface area contributed by atoms with Crippen LogP contribution >= 0.6 is 11.6 Å². The molecule has 1 aromatic rings. The maximum atomic E-state index is 13.5. The van der Waals surface area contributed by atoms with E-state index in [1.807, 2.05) is 0 Å². The van der Waals surface area contributed by atoms with E-state index in [4.69, 9.17) is 21.1 Å². The third-order valence-corrected chi connectivity index (χ3v) is 3.83. The maximum Gasteiger partial charge on any atom is 0.311 e. The summed E-state index contributed by atoms with van der Waals surface area (Å²) in [6.07, 6.45) is 5.49. The number of halogens is 2. The summed E-state index contributed by atoms with van der Waals surface area (Å²) in [5.41, 5.74) is 0. The molecular weight excluding hydrogens is 347 g/mol. The second-order valence-corrected chi connectivity index (χ2v) is 6.05. The molecule has 0 saturated carbocycles. The number of esters is 2. The minimum Gasteiger partial charge on any atom is -0.458 e. The van der Waals surface area contributed by atoms with Gasteiger partial charge in [-0.05, 0) is 31.4 Å². The molecule has 0 heterocycles. The van der Waals surface area contributed by atoms with Gasteiger partial charge in [0.15, 0.2) is 11.6 Å². The van der Waals surface area contributed by atoms with Crippen molar-refractivity contribution in [2.45, 2.75) is 58.0 Å². The summed E-state index contributed by atoms with van der Waals surface area (Å²) in [7, 11) is 0. The van der Waals surface area contributed by atoms with E-state index in [1.54, 1.807) is 6.08 Å². The van der Waals surface area contributed by atoms with Crippen molar-refractivity contribution in [1.82, 2.24) is 0 Å². The Hall–Kier alpha value is -1.88. The number of hydrogen-bond donors (Lipinski definition) is 0. The van der Waals surface area contributed by atoms with Gasteiger partial charge in [-0.1, -0.05) is 50.1 Å². The Balaban J connectivity index is 2.32. The van der Waals surface area contributed by atoms with Gasteiger partial charge in [-0.2, -0.15) is 0 Å². The molecule has 0 spiro atoms. The van der Waals surface area contributed by atoms with Gasteiger partial charge < -0.3 is 9.47 Å². The van der Waals surface area contributed by atoms with E-state index in [0.717, 1.165) is 31.7 Å². The van der Waals surface area contributed by atoms with Gasteiger partial charge in [-0.25, -0.2) is 4.39 Å². The first-order valence-electron chi connectivity index (χ1n) is 8.44. The van der Waals surface area contributed by atoms with Gasteiger partial charge >= 0.3 is 11.9 Å². The number of unbranched alkanes of at least 4 members (excludes halogenated alkanes) is 2. The normalized spacial score (nSPS) is 11.6. The van der Waals surface area contributed by atoms with Crippen LogP contribution in [-0.2, 0) is 14.3 Å². The summed E-state index contributed by atoms with van der Waals surface area (Å²) in [6.45, 7) is 5.77. The molecule has 0 aliphatic heterocycles. The lowest BCUT2D eigenvalue weighted by Gasteiger charge is -2.13. The fourth-order valence-electron chi connectivity index (χ4n) is 2.17. The molecule has 1 unspecified atom stereocenters. The molecule has 138 valence electrons. The molecule has 0 aliphatic carbocycles. The predicted octanol–water partition coefficient (Wildman–Crippen LogP) is 5.23. The van der Waals surface area contributed by atoms with E-state index in [0.29, 0.717) is 0 Å². The Labute approximate surface area is 153 Å². The zero-order valence-electron chi connectivity index (χ0n) is 14.4. The van der Waals surface area contributed by atoms with E-state index < -0.39 is 17.8 Å². The zero-order chi connectivity index (χ0) is 18.7. The lowest BCUT2D eigenvalue weighted by atomic mass is 10.1. The molecule has 1 aromatic carbocycles. The molecule has 1 rings (SSSR count). The van der Waals surface area contributed by atoms with Gasteiger partial charge in [0.1, 0.15) is 6.10 Å². The third kappa shape index (κ3) is 8.16. The standard InChI is InChI=1S/C19H24ClFO4/c1-3-5-6-9-14(4-2)24-17(22)12-8-13-18(23)25-19-15(20)10-7-11-16(19)21/h4,7,10-11,14H,2-3,5-6,8-9,12-13H2,1H3. The van der Waals surface area contributed by atoms with Gasteiger partial charge in [0.05, 0.1) is 5.02 Å². The molecule has 1 atom stereocenters. The van der Waals surface area contributed by atoms with Crippen LogP contribution in [0.15, 0.2) is 30.9 Å². The Kier molecular flexibility index (Phi) is 9.85. The highest BCUT2D eigenvalue weighted by Gasteiger charge is 2.15. The molecule has 0 N–H and O–H groups in total. The first-order valence-corrected chi connectivity index (χ1v) is 8.82. The summed E-state index contributed by atoms with van der Waals surface area (Å²) in [6, 6.07) is 4.00. The van der Waals surface area contributed by atoms with Crippen LogP contribution in [0.1, 0.15) is 51.9 Å². The smallest absolute Gasteiger partial charge is 0.311 e. The van der Waals surface area contributed by atoms with Crippen molar-refractivity contribution in [2.75, 3.05) is 0 Å². The van der Waals surface area contributed by atoms with Gasteiger partial charge in [0.2, 0.25) is 0 Å². The van der Waals surface area contributed by atoms with E-state index in [1.165, 1.54) is 12.1 Å². The summed E-state index contributed by atoms with van der Waals surface area (Å²) in [5, 5.41) is 0.0219. The lowest BCUT2D eigenvalue weighted by Crippen LogP contribution is -2.16. The monoisotopic (exact) mass is 370 g/mol. The summed E-state index contributed by atoms with van der Waals surface area (Å²) in [4.78, 5) is 23.5. The highest BCUT2D eigenvalue weighted by Crippen LogP contribution is 2.27. The van der Waals surface area contributed by atoms with Crippen LogP contribution in [0.5, 0.6) is 5.75 Å². The maximum absolute atomic E-state index is 13.5. The van der Waals surface area contributed by atoms with Crippen LogP contribution in [0.25, 0.3) is 0 Å². The molecule has 0 saturated heterocycles. The number of rotatable bonds is 11. The average molecular weight is 371 g/mol. The minimum atomic E-state index is -0.707. The fraction of sp³-hybridized carbons (Fsp3) is 0.474. The predicted molar refractivity (Wildman–Crippen MR) is 95.1 cm³/mol. The van der Waals surface area contributed by atoms with Crippen molar-refractivity contribution in [2.24, 2.45) is 0 Å². The quantitative estimate of drug-likeness (QED) is 0.231. The first kappa shape index (κ1) is 21.2. The summed E-state index contributed by atoms with van der Waals surface area (Å²) in [5.74, 6) is -2.04. The number of hydrogen-bond acceptors (Lipinski definition) is 4. The van der Waals surface area contributed by atoms with Crippen molar-refractivity contribution in [3.63, 3.8) is 0 Å². The number of benzene rings is 1. The Bertz CT molecular complexity index is 569. The zero-order valence-corrected chi connectivity index (χ0v) is 15.2. The average Bonchev–Trinajstić information content (AvgIpc) is 2.57. The molecule has 0 bridgehead atoms. The molecule has 6 heteroatoms. The Morgan fingerprint density at radius 1 is 1.24 bits per heavy atom. The largest absolute Gasteiger partial charge is 0.458 e.